The number of hydrogen-bond acceptors (Lipinski definition) is 1. The van der Waals surface area contributed by atoms with E-state index in [0.717, 1.165) is 6.54 Å². The van der Waals surface area contributed by atoms with Crippen molar-refractivity contribution in [2.45, 2.75) is 27.3 Å². The van der Waals surface area contributed by atoms with E-state index < -0.39 is 0 Å². The zero-order valence-corrected chi connectivity index (χ0v) is 9.70. The summed E-state index contributed by atoms with van der Waals surface area (Å²) in [4.78, 5) is 0. The predicted octanol–water partition coefficient (Wildman–Crippen LogP) is 2.29. The first-order valence-electron chi connectivity index (χ1n) is 3.20. The molecule has 1 aromatic heterocycles. The Morgan fingerprint density at radius 2 is 2.10 bits per heavy atom. The van der Waals surface area contributed by atoms with Crippen molar-refractivity contribution in [2.24, 2.45) is 0 Å². The van der Waals surface area contributed by atoms with Crippen molar-refractivity contribution in [3.8, 4) is 0 Å². The minimum absolute atomic E-state index is 0. The fraction of sp³-hybridized carbons (Fsp3) is 0.571. The molecule has 0 saturated heterocycles. The summed E-state index contributed by atoms with van der Waals surface area (Å²) in [5.41, 5.74) is 1.38. The quantitative estimate of drug-likeness (QED) is 0.544. The van der Waals surface area contributed by atoms with Crippen molar-refractivity contribution in [3.05, 3.63) is 16.1 Å². The smallest absolute Gasteiger partial charge is 0.191 e. The Balaban J connectivity index is 0.000000810. The summed E-state index contributed by atoms with van der Waals surface area (Å²) in [5.74, 6) is 0. The maximum Gasteiger partial charge on any atom is 0.234 e. The number of halogens is 1. The third kappa shape index (κ3) is 1.92. The van der Waals surface area contributed by atoms with Crippen molar-refractivity contribution < 1.29 is 4.57 Å². The van der Waals surface area contributed by atoms with E-state index in [4.69, 9.17) is 0 Å². The topological polar surface area (TPSA) is 3.88 Å². The van der Waals surface area contributed by atoms with Gasteiger partial charge in [0.1, 0.15) is 6.54 Å². The molecular formula is C7H13INS+. The van der Waals surface area contributed by atoms with Gasteiger partial charge in [0, 0.05) is 13.8 Å². The molecule has 0 aliphatic rings. The summed E-state index contributed by atoms with van der Waals surface area (Å²) < 4.78 is 2.31. The maximum atomic E-state index is 2.31. The van der Waals surface area contributed by atoms with E-state index in [1.807, 2.05) is 11.3 Å². The number of hydrogen-bond donors (Lipinski definition) is 0. The van der Waals surface area contributed by atoms with Gasteiger partial charge in [-0.1, -0.05) is 11.3 Å². The second kappa shape index (κ2) is 4.28. The van der Waals surface area contributed by atoms with Crippen molar-refractivity contribution >= 4 is 35.3 Å². The van der Waals surface area contributed by atoms with Crippen LogP contribution >= 0.6 is 35.3 Å². The van der Waals surface area contributed by atoms with Crippen molar-refractivity contribution in [1.82, 2.24) is 0 Å². The molecule has 58 valence electrons. The maximum absolute atomic E-state index is 2.31. The first kappa shape index (κ1) is 10.4. The van der Waals surface area contributed by atoms with Gasteiger partial charge < -0.3 is 0 Å². The summed E-state index contributed by atoms with van der Waals surface area (Å²) in [6.45, 7) is 7.57. The molecular weight excluding hydrogens is 257 g/mol. The molecule has 3 heteroatoms. The lowest BCUT2D eigenvalue weighted by atomic mass is 10.5. The van der Waals surface area contributed by atoms with Gasteiger partial charge >= 0.3 is 0 Å². The van der Waals surface area contributed by atoms with Crippen LogP contribution in [0.25, 0.3) is 0 Å². The number of rotatable bonds is 1. The van der Waals surface area contributed by atoms with Gasteiger partial charge in [-0.15, -0.1) is 24.0 Å². The molecule has 0 N–H and O–H groups in total. The van der Waals surface area contributed by atoms with Gasteiger partial charge in [0.15, 0.2) is 5.69 Å². The number of thiazole rings is 1. The SMILES string of the molecule is CC[n+]1c(C)csc1C.I. The molecule has 0 unspecified atom stereocenters. The molecule has 0 saturated carbocycles. The van der Waals surface area contributed by atoms with E-state index in [-0.39, 0.29) is 24.0 Å². The molecule has 1 heterocycles. The molecule has 0 spiro atoms. The lowest BCUT2D eigenvalue weighted by Crippen LogP contribution is -2.35. The van der Waals surface area contributed by atoms with Crippen LogP contribution in [0.3, 0.4) is 0 Å². The Morgan fingerprint density at radius 3 is 2.30 bits per heavy atom. The highest BCUT2D eigenvalue weighted by molar-refractivity contribution is 14.0. The summed E-state index contributed by atoms with van der Waals surface area (Å²) in [7, 11) is 0. The second-order valence-electron chi connectivity index (χ2n) is 2.14. The number of aromatic nitrogens is 1. The summed E-state index contributed by atoms with van der Waals surface area (Å²) in [6.07, 6.45) is 0. The Hall–Kier alpha value is 0.360. The lowest BCUT2D eigenvalue weighted by Gasteiger charge is -1.88. The minimum atomic E-state index is 0. The molecule has 1 nitrogen and oxygen atoms in total. The van der Waals surface area contributed by atoms with E-state index in [2.05, 4.69) is 30.7 Å². The van der Waals surface area contributed by atoms with Crippen LogP contribution < -0.4 is 4.57 Å². The molecule has 0 amide bonds. The van der Waals surface area contributed by atoms with E-state index in [1.165, 1.54) is 10.7 Å². The van der Waals surface area contributed by atoms with Crippen LogP contribution in [0, 0.1) is 13.8 Å². The molecule has 0 fully saturated rings. The molecule has 1 rings (SSSR count). The molecule has 0 atom stereocenters. The van der Waals surface area contributed by atoms with Gasteiger partial charge in [0.25, 0.3) is 0 Å². The molecule has 0 radical (unpaired) electrons. The first-order valence-corrected chi connectivity index (χ1v) is 4.08. The van der Waals surface area contributed by atoms with Gasteiger partial charge in [-0.3, -0.25) is 0 Å². The average molecular weight is 270 g/mol. The third-order valence-electron chi connectivity index (χ3n) is 1.52. The highest BCUT2D eigenvalue weighted by Crippen LogP contribution is 2.03. The largest absolute Gasteiger partial charge is 0.234 e. The zero-order valence-electron chi connectivity index (χ0n) is 6.55. The fourth-order valence-electron chi connectivity index (χ4n) is 1.02. The first-order chi connectivity index (χ1) is 4.25. The van der Waals surface area contributed by atoms with Gasteiger partial charge in [0.2, 0.25) is 5.01 Å². The van der Waals surface area contributed by atoms with Gasteiger partial charge in [-0.05, 0) is 6.92 Å². The van der Waals surface area contributed by atoms with Crippen molar-refractivity contribution in [3.63, 3.8) is 0 Å². The molecule has 0 bridgehead atoms. The Kier molecular flexibility index (Phi) is 4.44. The van der Waals surface area contributed by atoms with E-state index in [1.54, 1.807) is 0 Å². The second-order valence-corrected chi connectivity index (χ2v) is 3.20. The molecule has 10 heavy (non-hydrogen) atoms. The number of nitrogens with zero attached hydrogens (tertiary/aromatic N) is 1. The van der Waals surface area contributed by atoms with Crippen LogP contribution in [0.5, 0.6) is 0 Å². The predicted molar refractivity (Wildman–Crippen MR) is 55.1 cm³/mol. The minimum Gasteiger partial charge on any atom is -0.191 e. The summed E-state index contributed by atoms with van der Waals surface area (Å²) in [5, 5.41) is 3.59. The summed E-state index contributed by atoms with van der Waals surface area (Å²) in [6, 6.07) is 0. The van der Waals surface area contributed by atoms with Crippen LogP contribution in [0.15, 0.2) is 5.38 Å². The Morgan fingerprint density at radius 1 is 1.50 bits per heavy atom. The van der Waals surface area contributed by atoms with E-state index in [9.17, 15) is 0 Å². The summed E-state index contributed by atoms with van der Waals surface area (Å²) >= 11 is 1.82. The fourth-order valence-corrected chi connectivity index (χ4v) is 1.89. The lowest BCUT2D eigenvalue weighted by molar-refractivity contribution is -0.700. The number of aryl methyl sites for hydroxylation is 2. The molecule has 0 aliphatic heterocycles. The van der Waals surface area contributed by atoms with E-state index >= 15 is 0 Å². The monoisotopic (exact) mass is 270 g/mol. The van der Waals surface area contributed by atoms with E-state index in [0.29, 0.717) is 0 Å². The Bertz CT molecular complexity index is 188. The van der Waals surface area contributed by atoms with Gasteiger partial charge in [-0.2, -0.15) is 4.57 Å². The van der Waals surface area contributed by atoms with Crippen molar-refractivity contribution in [1.29, 1.82) is 0 Å². The van der Waals surface area contributed by atoms with Crippen LogP contribution in [0.4, 0.5) is 0 Å². The van der Waals surface area contributed by atoms with Gasteiger partial charge in [0.05, 0.1) is 5.38 Å². The normalized spacial score (nSPS) is 9.10. The van der Waals surface area contributed by atoms with Crippen LogP contribution in [-0.2, 0) is 6.54 Å². The molecule has 0 aliphatic carbocycles. The van der Waals surface area contributed by atoms with Crippen molar-refractivity contribution in [2.75, 3.05) is 0 Å². The third-order valence-corrected chi connectivity index (χ3v) is 2.54. The van der Waals surface area contributed by atoms with Crippen LogP contribution in [-0.4, -0.2) is 0 Å². The average Bonchev–Trinajstić information content (AvgIpc) is 2.12. The highest BCUT2D eigenvalue weighted by atomic mass is 127. The zero-order chi connectivity index (χ0) is 6.85. The van der Waals surface area contributed by atoms with Crippen LogP contribution in [0.1, 0.15) is 17.6 Å². The van der Waals surface area contributed by atoms with Gasteiger partial charge in [-0.25, -0.2) is 0 Å². The molecule has 0 aromatic carbocycles. The highest BCUT2D eigenvalue weighted by Gasteiger charge is 2.08. The molecule has 1 aromatic rings. The van der Waals surface area contributed by atoms with Crippen LogP contribution in [0.2, 0.25) is 0 Å². The standard InChI is InChI=1S/C7H12NS.HI/c1-4-8-6(2)5-9-7(8)3;/h5H,4H2,1-3H3;1H/q+1;. The Labute approximate surface area is 83.1 Å².